The molecule has 3 heterocycles. The van der Waals surface area contributed by atoms with Crippen molar-refractivity contribution in [2.75, 3.05) is 13.7 Å². The predicted molar refractivity (Wildman–Crippen MR) is 119 cm³/mol. The van der Waals surface area contributed by atoms with Gasteiger partial charge in [0.05, 0.1) is 38.9 Å². The fourth-order valence-corrected chi connectivity index (χ4v) is 4.38. The highest BCUT2D eigenvalue weighted by Crippen LogP contribution is 2.45. The van der Waals surface area contributed by atoms with Gasteiger partial charge in [-0.1, -0.05) is 11.6 Å². The summed E-state index contributed by atoms with van der Waals surface area (Å²) < 4.78 is 19.3. The molecule has 1 saturated carbocycles. The Labute approximate surface area is 186 Å². The first-order valence-electron chi connectivity index (χ1n) is 9.65. The number of hydrogen-bond acceptors (Lipinski definition) is 6. The second-order valence-electron chi connectivity index (χ2n) is 7.50. The first kappa shape index (κ1) is 19.7. The minimum Gasteiger partial charge on any atom is -0.493 e. The summed E-state index contributed by atoms with van der Waals surface area (Å²) >= 11 is 7.41. The van der Waals surface area contributed by atoms with E-state index in [9.17, 15) is 10.1 Å². The lowest BCUT2D eigenvalue weighted by atomic mass is 10.1. The zero-order valence-electron chi connectivity index (χ0n) is 16.6. The molecule has 1 aliphatic carbocycles. The van der Waals surface area contributed by atoms with Crippen LogP contribution < -0.4 is 15.0 Å². The van der Waals surface area contributed by atoms with Crippen molar-refractivity contribution in [1.82, 2.24) is 4.57 Å². The number of nitrogens with zero attached hydrogens (tertiary/aromatic N) is 2. The Morgan fingerprint density at radius 1 is 1.23 bits per heavy atom. The van der Waals surface area contributed by atoms with Crippen LogP contribution in [0.1, 0.15) is 12.8 Å². The van der Waals surface area contributed by atoms with Gasteiger partial charge in [-0.3, -0.25) is 9.36 Å². The van der Waals surface area contributed by atoms with E-state index in [0.717, 1.165) is 17.7 Å². The Bertz CT molecular complexity index is 1390. The number of fused-ring (bicyclic) bond motifs is 1. The van der Waals surface area contributed by atoms with Gasteiger partial charge in [0, 0.05) is 12.3 Å². The Balaban J connectivity index is 1.49. The maximum absolute atomic E-state index is 13.1. The molecule has 156 valence electrons. The van der Waals surface area contributed by atoms with E-state index in [-0.39, 0.29) is 11.0 Å². The van der Waals surface area contributed by atoms with E-state index in [2.05, 4.69) is 6.07 Å². The lowest BCUT2D eigenvalue weighted by Gasteiger charge is -2.14. The van der Waals surface area contributed by atoms with Crippen molar-refractivity contribution in [3.8, 4) is 33.9 Å². The highest BCUT2D eigenvalue weighted by molar-refractivity contribution is 7.19. The molecular weight excluding hydrogens is 436 g/mol. The molecule has 1 fully saturated rings. The van der Waals surface area contributed by atoms with Gasteiger partial charge >= 0.3 is 0 Å². The zero-order chi connectivity index (χ0) is 21.6. The van der Waals surface area contributed by atoms with Gasteiger partial charge in [-0.15, -0.1) is 11.3 Å². The molecule has 0 spiro atoms. The van der Waals surface area contributed by atoms with E-state index in [1.807, 2.05) is 6.07 Å². The number of hydrogen-bond donors (Lipinski definition) is 0. The third-order valence-corrected chi connectivity index (χ3v) is 6.67. The molecule has 1 aromatic carbocycles. The van der Waals surface area contributed by atoms with Gasteiger partial charge in [0.15, 0.2) is 11.5 Å². The summed E-state index contributed by atoms with van der Waals surface area (Å²) in [5.74, 6) is 1.65. The van der Waals surface area contributed by atoms with Crippen LogP contribution in [-0.2, 0) is 0 Å². The van der Waals surface area contributed by atoms with Crippen molar-refractivity contribution in [1.29, 1.82) is 5.26 Å². The second kappa shape index (κ2) is 7.49. The van der Waals surface area contributed by atoms with Gasteiger partial charge < -0.3 is 13.9 Å². The summed E-state index contributed by atoms with van der Waals surface area (Å²) in [5.41, 5.74) is 0.572. The quantitative estimate of drug-likeness (QED) is 0.377. The predicted octanol–water partition coefficient (Wildman–Crippen LogP) is 5.66. The van der Waals surface area contributed by atoms with E-state index >= 15 is 0 Å². The summed E-state index contributed by atoms with van der Waals surface area (Å²) in [7, 11) is 1.55. The number of methoxy groups -OCH3 is 1. The Morgan fingerprint density at radius 2 is 2.06 bits per heavy atom. The molecule has 0 N–H and O–H groups in total. The maximum Gasteiger partial charge on any atom is 0.266 e. The minimum absolute atomic E-state index is 0.202. The number of nitriles is 1. The van der Waals surface area contributed by atoms with E-state index in [4.69, 9.17) is 25.5 Å². The monoisotopic (exact) mass is 452 g/mol. The molecule has 1 aliphatic rings. The number of aromatic nitrogens is 1. The molecule has 0 amide bonds. The van der Waals surface area contributed by atoms with E-state index in [1.165, 1.54) is 15.9 Å². The molecule has 0 bridgehead atoms. The normalized spacial score (nSPS) is 14.4. The van der Waals surface area contributed by atoms with Crippen molar-refractivity contribution in [3.05, 3.63) is 63.4 Å². The van der Waals surface area contributed by atoms with Crippen LogP contribution >= 0.6 is 22.9 Å². The molecule has 4 aromatic rings. The molecule has 3 aromatic heterocycles. The van der Waals surface area contributed by atoms with Crippen LogP contribution in [0.15, 0.2) is 57.9 Å². The number of rotatable bonds is 6. The van der Waals surface area contributed by atoms with Gasteiger partial charge in [-0.2, -0.15) is 5.26 Å². The van der Waals surface area contributed by atoms with Crippen molar-refractivity contribution < 1.29 is 13.9 Å². The molecule has 0 aliphatic heterocycles. The lowest BCUT2D eigenvalue weighted by Crippen LogP contribution is -2.17. The topological polar surface area (TPSA) is 77.4 Å². The average Bonchev–Trinajstić information content (AvgIpc) is 3.21. The molecule has 5 rings (SSSR count). The number of halogens is 1. The van der Waals surface area contributed by atoms with Gasteiger partial charge in [0.1, 0.15) is 18.0 Å². The third kappa shape index (κ3) is 3.58. The van der Waals surface area contributed by atoms with Crippen LogP contribution in [0.5, 0.6) is 11.5 Å². The van der Waals surface area contributed by atoms with Crippen molar-refractivity contribution in [2.24, 2.45) is 5.41 Å². The minimum atomic E-state index is -0.378. The van der Waals surface area contributed by atoms with Crippen LogP contribution in [-0.4, -0.2) is 18.3 Å². The molecular formula is C23H17ClN2O4S. The van der Waals surface area contributed by atoms with Gasteiger partial charge in [0.2, 0.25) is 0 Å². The third-order valence-electron chi connectivity index (χ3n) is 5.42. The van der Waals surface area contributed by atoms with Gasteiger partial charge in [0.25, 0.3) is 5.56 Å². The van der Waals surface area contributed by atoms with Crippen LogP contribution in [0, 0.1) is 16.7 Å². The summed E-state index contributed by atoms with van der Waals surface area (Å²) in [6.45, 7) is 0.329. The molecule has 31 heavy (non-hydrogen) atoms. The summed E-state index contributed by atoms with van der Waals surface area (Å²) in [6, 6.07) is 14.8. The first-order valence-corrected chi connectivity index (χ1v) is 10.8. The average molecular weight is 453 g/mol. The largest absolute Gasteiger partial charge is 0.493 e. The number of furan rings is 1. The fraction of sp³-hybridized carbons (Fsp3) is 0.217. The molecule has 6 nitrogen and oxygen atoms in total. The Kier molecular flexibility index (Phi) is 4.77. The van der Waals surface area contributed by atoms with Crippen molar-refractivity contribution in [2.45, 2.75) is 12.8 Å². The van der Waals surface area contributed by atoms with Crippen molar-refractivity contribution in [3.63, 3.8) is 0 Å². The van der Waals surface area contributed by atoms with Crippen molar-refractivity contribution >= 4 is 33.9 Å². The Morgan fingerprint density at radius 3 is 2.74 bits per heavy atom. The van der Waals surface area contributed by atoms with Crippen LogP contribution in [0.25, 0.3) is 27.3 Å². The number of thiophene rings is 1. The first-order chi connectivity index (χ1) is 15.0. The zero-order valence-corrected chi connectivity index (χ0v) is 18.1. The molecule has 0 unspecified atom stereocenters. The smallest absolute Gasteiger partial charge is 0.266 e. The Hall–Kier alpha value is -3.21. The standard InChI is InChI=1S/C23H17ClN2O4S/c1-28-18-10-14(2-3-17(18)29-13-23(12-25)7-8-23)26-9-6-16-15(22(26)27)11-19(30-16)20-4-5-21(24)31-20/h2-6,9-11H,7-8,13H2,1H3. The summed E-state index contributed by atoms with van der Waals surface area (Å²) in [5, 5.41) is 9.71. The SMILES string of the molecule is COc1cc(-n2ccc3oc(-c4ccc(Cl)s4)cc3c2=O)ccc1OCC1(C#N)CC1. The van der Waals surface area contributed by atoms with Crippen LogP contribution in [0.4, 0.5) is 0 Å². The van der Waals surface area contributed by atoms with E-state index < -0.39 is 0 Å². The van der Waals surface area contributed by atoms with Gasteiger partial charge in [-0.25, -0.2) is 0 Å². The highest BCUT2D eigenvalue weighted by Gasteiger charge is 2.44. The molecule has 0 radical (unpaired) electrons. The molecule has 0 atom stereocenters. The number of benzene rings is 1. The highest BCUT2D eigenvalue weighted by atomic mass is 35.5. The van der Waals surface area contributed by atoms with E-state index in [0.29, 0.717) is 44.9 Å². The lowest BCUT2D eigenvalue weighted by molar-refractivity contribution is 0.255. The fourth-order valence-electron chi connectivity index (χ4n) is 3.39. The molecule has 8 heteroatoms. The van der Waals surface area contributed by atoms with Crippen LogP contribution in [0.2, 0.25) is 4.34 Å². The second-order valence-corrected chi connectivity index (χ2v) is 9.21. The number of pyridine rings is 1. The van der Waals surface area contributed by atoms with E-state index in [1.54, 1.807) is 49.7 Å². The molecule has 0 saturated heterocycles. The number of ether oxygens (including phenoxy) is 2. The summed E-state index contributed by atoms with van der Waals surface area (Å²) in [6.07, 6.45) is 3.37. The van der Waals surface area contributed by atoms with Crippen LogP contribution in [0.3, 0.4) is 0 Å². The maximum atomic E-state index is 13.1. The van der Waals surface area contributed by atoms with Gasteiger partial charge in [-0.05, 0) is 49.2 Å². The summed E-state index contributed by atoms with van der Waals surface area (Å²) in [4.78, 5) is 14.0.